The molecule has 0 bridgehead atoms. The normalized spacial score (nSPS) is 33.2. The quantitative estimate of drug-likeness (QED) is 0.649. The standard InChI is InChI=1S/C22H20N2O5/c25-17-9-7-12-6-8-14(10-15(12)23-17)24-18-19(26)20-16(28-21(18)24)11-27-22(29-20)13-4-2-1-3-5-13/h1-10,16,18-22,26H,11H2,(H,23,25)/t16?,18?,19-,20-,21+,22?,24?/m1/s1. The molecule has 2 N–H and O–H groups in total. The van der Waals surface area contributed by atoms with Gasteiger partial charge < -0.3 is 29.2 Å². The molecule has 0 saturated carbocycles. The topological polar surface area (TPSA) is 83.8 Å². The molecule has 3 saturated heterocycles. The minimum atomic E-state index is -0.695. The second-order valence-electron chi connectivity index (χ2n) is 7.72. The summed E-state index contributed by atoms with van der Waals surface area (Å²) in [5, 5.41) is 12.0. The van der Waals surface area contributed by atoms with Crippen molar-refractivity contribution in [1.29, 1.82) is 0 Å². The van der Waals surface area contributed by atoms with E-state index in [1.54, 1.807) is 6.07 Å². The van der Waals surface area contributed by atoms with E-state index >= 15 is 0 Å². The summed E-state index contributed by atoms with van der Waals surface area (Å²) >= 11 is 0. The van der Waals surface area contributed by atoms with Crippen LogP contribution >= 0.6 is 0 Å². The van der Waals surface area contributed by atoms with Gasteiger partial charge in [0.25, 0.3) is 0 Å². The SMILES string of the molecule is O=c1ccc2ccc(N3C4[C@@H](O)[C@@H]5OC(c6ccccc6)OCC5O[C@@H]43)cc2[nH]1. The Morgan fingerprint density at radius 1 is 1.03 bits per heavy atom. The average molecular weight is 392 g/mol. The Kier molecular flexibility index (Phi) is 3.79. The van der Waals surface area contributed by atoms with E-state index in [0.29, 0.717) is 6.61 Å². The molecule has 4 heterocycles. The number of pyridine rings is 1. The number of aromatic amines is 1. The van der Waals surface area contributed by atoms with Gasteiger partial charge in [0.1, 0.15) is 24.4 Å². The van der Waals surface area contributed by atoms with Gasteiger partial charge in [0, 0.05) is 17.3 Å². The minimum Gasteiger partial charge on any atom is -0.388 e. The number of fused-ring (bicyclic) bond motifs is 3. The van der Waals surface area contributed by atoms with Gasteiger partial charge >= 0.3 is 0 Å². The van der Waals surface area contributed by atoms with E-state index in [1.807, 2.05) is 53.4 Å². The Bertz CT molecular complexity index is 1120. The third kappa shape index (κ3) is 2.78. The van der Waals surface area contributed by atoms with Crippen molar-refractivity contribution in [2.24, 2.45) is 0 Å². The number of nitrogens with zero attached hydrogens (tertiary/aromatic N) is 1. The minimum absolute atomic E-state index is 0.141. The fourth-order valence-corrected chi connectivity index (χ4v) is 4.45. The highest BCUT2D eigenvalue weighted by Gasteiger charge is 2.62. The molecule has 3 fully saturated rings. The van der Waals surface area contributed by atoms with Gasteiger partial charge in [-0.1, -0.05) is 36.4 Å². The number of anilines is 1. The van der Waals surface area contributed by atoms with Crippen molar-refractivity contribution < 1.29 is 19.3 Å². The van der Waals surface area contributed by atoms with E-state index in [1.165, 1.54) is 6.07 Å². The second-order valence-corrected chi connectivity index (χ2v) is 7.72. The highest BCUT2D eigenvalue weighted by Crippen LogP contribution is 2.46. The van der Waals surface area contributed by atoms with Crippen LogP contribution in [0.25, 0.3) is 10.9 Å². The molecule has 3 aliphatic heterocycles. The van der Waals surface area contributed by atoms with E-state index < -0.39 is 18.5 Å². The largest absolute Gasteiger partial charge is 0.388 e. The van der Waals surface area contributed by atoms with Crippen molar-refractivity contribution in [2.75, 3.05) is 11.5 Å². The fourth-order valence-electron chi connectivity index (χ4n) is 4.45. The molecule has 3 aliphatic rings. The van der Waals surface area contributed by atoms with E-state index in [9.17, 15) is 9.90 Å². The molecule has 148 valence electrons. The third-order valence-electron chi connectivity index (χ3n) is 5.94. The van der Waals surface area contributed by atoms with Gasteiger partial charge in [-0.2, -0.15) is 0 Å². The molecule has 6 atom stereocenters. The molecule has 1 aromatic heterocycles. The maximum absolute atomic E-state index is 11.6. The molecule has 3 unspecified atom stereocenters. The predicted molar refractivity (Wildman–Crippen MR) is 106 cm³/mol. The first-order valence-corrected chi connectivity index (χ1v) is 9.76. The van der Waals surface area contributed by atoms with Crippen LogP contribution < -0.4 is 10.5 Å². The van der Waals surface area contributed by atoms with Crippen molar-refractivity contribution in [1.82, 2.24) is 4.98 Å². The molecule has 7 heteroatoms. The fraction of sp³-hybridized carbons (Fsp3) is 0.318. The lowest BCUT2D eigenvalue weighted by Crippen LogP contribution is -2.54. The van der Waals surface area contributed by atoms with Crippen molar-refractivity contribution in [2.45, 2.75) is 36.9 Å². The summed E-state index contributed by atoms with van der Waals surface area (Å²) in [6, 6.07) is 18.7. The number of H-pyrrole nitrogens is 1. The molecule has 6 rings (SSSR count). The van der Waals surface area contributed by atoms with Crippen molar-refractivity contribution in [3.8, 4) is 0 Å². The number of rotatable bonds is 2. The van der Waals surface area contributed by atoms with Gasteiger partial charge in [-0.05, 0) is 23.6 Å². The summed E-state index contributed by atoms with van der Waals surface area (Å²) in [5.41, 5.74) is 2.44. The van der Waals surface area contributed by atoms with E-state index in [4.69, 9.17) is 14.2 Å². The maximum atomic E-state index is 11.6. The lowest BCUT2D eigenvalue weighted by atomic mass is 10.0. The highest BCUT2D eigenvalue weighted by atomic mass is 16.7. The van der Waals surface area contributed by atoms with Gasteiger partial charge in [-0.3, -0.25) is 4.79 Å². The van der Waals surface area contributed by atoms with Gasteiger partial charge in [0.2, 0.25) is 5.56 Å². The molecule has 7 nitrogen and oxygen atoms in total. The lowest BCUT2D eigenvalue weighted by Gasteiger charge is -2.40. The Labute approximate surface area is 166 Å². The third-order valence-corrected chi connectivity index (χ3v) is 5.94. The second kappa shape index (κ2) is 6.40. The number of ether oxygens (including phenoxy) is 3. The molecule has 3 aromatic rings. The summed E-state index contributed by atoms with van der Waals surface area (Å²) < 4.78 is 18.1. The van der Waals surface area contributed by atoms with E-state index in [-0.39, 0.29) is 23.9 Å². The summed E-state index contributed by atoms with van der Waals surface area (Å²) in [5.74, 6) is 0. The van der Waals surface area contributed by atoms with Crippen LogP contribution in [-0.2, 0) is 14.2 Å². The van der Waals surface area contributed by atoms with Gasteiger partial charge in [0.15, 0.2) is 12.5 Å². The number of hydrogen-bond acceptors (Lipinski definition) is 6. The molecule has 0 aliphatic carbocycles. The first-order valence-electron chi connectivity index (χ1n) is 9.76. The van der Waals surface area contributed by atoms with Crippen LogP contribution in [0.5, 0.6) is 0 Å². The highest BCUT2D eigenvalue weighted by molar-refractivity contribution is 5.83. The number of aliphatic hydroxyl groups is 1. The molecule has 2 aromatic carbocycles. The number of benzene rings is 2. The zero-order valence-electron chi connectivity index (χ0n) is 15.5. The monoisotopic (exact) mass is 392 g/mol. The smallest absolute Gasteiger partial charge is 0.248 e. The Hall–Kier alpha value is -2.71. The summed E-state index contributed by atoms with van der Waals surface area (Å²) in [6.07, 6.45) is -2.21. The summed E-state index contributed by atoms with van der Waals surface area (Å²) in [7, 11) is 0. The molecular weight excluding hydrogens is 372 g/mol. The number of aromatic nitrogens is 1. The summed E-state index contributed by atoms with van der Waals surface area (Å²) in [6.45, 7) is 0.364. The average Bonchev–Trinajstić information content (AvgIpc) is 3.48. The number of nitrogens with one attached hydrogen (secondary N) is 1. The van der Waals surface area contributed by atoms with Crippen LogP contribution in [0.2, 0.25) is 0 Å². The number of hydrogen-bond donors (Lipinski definition) is 2. The first-order chi connectivity index (χ1) is 14.2. The molecule has 29 heavy (non-hydrogen) atoms. The van der Waals surface area contributed by atoms with Crippen molar-refractivity contribution in [3.63, 3.8) is 0 Å². The number of aliphatic hydroxyl groups excluding tert-OH is 1. The molecular formula is C22H20N2O5. The first kappa shape index (κ1) is 17.2. The maximum Gasteiger partial charge on any atom is 0.248 e. The Morgan fingerprint density at radius 3 is 2.72 bits per heavy atom. The van der Waals surface area contributed by atoms with Crippen LogP contribution in [0.1, 0.15) is 11.9 Å². The van der Waals surface area contributed by atoms with Gasteiger partial charge in [-0.25, -0.2) is 0 Å². The zero-order valence-corrected chi connectivity index (χ0v) is 15.5. The van der Waals surface area contributed by atoms with E-state index in [0.717, 1.165) is 22.2 Å². The lowest BCUT2D eigenvalue weighted by molar-refractivity contribution is -0.296. The Balaban J connectivity index is 1.25. The van der Waals surface area contributed by atoms with Crippen LogP contribution in [0.3, 0.4) is 0 Å². The summed E-state index contributed by atoms with van der Waals surface area (Å²) in [4.78, 5) is 16.5. The molecule has 0 radical (unpaired) electrons. The predicted octanol–water partition coefficient (Wildman–Crippen LogP) is 1.92. The van der Waals surface area contributed by atoms with Crippen molar-refractivity contribution in [3.05, 3.63) is 76.6 Å². The van der Waals surface area contributed by atoms with Gasteiger partial charge in [-0.15, -0.1) is 0 Å². The van der Waals surface area contributed by atoms with Crippen molar-refractivity contribution >= 4 is 16.6 Å². The van der Waals surface area contributed by atoms with Gasteiger partial charge in [0.05, 0.1) is 12.1 Å². The van der Waals surface area contributed by atoms with Crippen LogP contribution in [0.15, 0.2) is 65.5 Å². The van der Waals surface area contributed by atoms with E-state index in [2.05, 4.69) is 4.98 Å². The van der Waals surface area contributed by atoms with Crippen LogP contribution in [0.4, 0.5) is 5.69 Å². The van der Waals surface area contributed by atoms with Crippen LogP contribution in [0, 0.1) is 0 Å². The Morgan fingerprint density at radius 2 is 1.86 bits per heavy atom. The zero-order chi connectivity index (χ0) is 19.5. The molecule has 0 amide bonds. The molecule has 0 spiro atoms. The van der Waals surface area contributed by atoms with Crippen LogP contribution in [-0.4, -0.2) is 47.3 Å².